The van der Waals surface area contributed by atoms with E-state index in [2.05, 4.69) is 35.1 Å². The van der Waals surface area contributed by atoms with Crippen LogP contribution in [0, 0.1) is 0 Å². The van der Waals surface area contributed by atoms with Crippen LogP contribution in [0.15, 0.2) is 77.9 Å². The highest BCUT2D eigenvalue weighted by molar-refractivity contribution is 5.85. The van der Waals surface area contributed by atoms with Crippen LogP contribution in [-0.2, 0) is 0 Å². The van der Waals surface area contributed by atoms with E-state index in [0.29, 0.717) is 0 Å². The lowest BCUT2D eigenvalue weighted by Gasteiger charge is -2.32. The summed E-state index contributed by atoms with van der Waals surface area (Å²) in [4.78, 5) is 2.27. The summed E-state index contributed by atoms with van der Waals surface area (Å²) in [7, 11) is 1.94. The second kappa shape index (κ2) is 6.92. The van der Waals surface area contributed by atoms with E-state index in [1.807, 2.05) is 72.9 Å². The molecule has 4 nitrogen and oxygen atoms in total. The number of rotatable bonds is 4. The molecule has 1 aliphatic heterocycles. The zero-order valence-corrected chi connectivity index (χ0v) is 15.0. The quantitative estimate of drug-likeness (QED) is 0.468. The first kappa shape index (κ1) is 16.2. The number of anilines is 3. The maximum Gasteiger partial charge on any atom is 0.151 e. The zero-order chi connectivity index (χ0) is 17.9. The summed E-state index contributed by atoms with van der Waals surface area (Å²) in [5.74, 6) is 1.74. The van der Waals surface area contributed by atoms with Crippen molar-refractivity contribution >= 4 is 23.3 Å². The van der Waals surface area contributed by atoms with E-state index in [-0.39, 0.29) is 0 Å². The molecule has 0 radical (unpaired) electrons. The van der Waals surface area contributed by atoms with Crippen LogP contribution in [0.3, 0.4) is 0 Å². The van der Waals surface area contributed by atoms with Crippen LogP contribution in [0.1, 0.15) is 12.5 Å². The van der Waals surface area contributed by atoms with Crippen LogP contribution in [0.25, 0.3) is 0 Å². The van der Waals surface area contributed by atoms with Crippen LogP contribution in [0.5, 0.6) is 11.5 Å². The van der Waals surface area contributed by atoms with E-state index >= 15 is 0 Å². The van der Waals surface area contributed by atoms with Crippen LogP contribution < -0.4 is 14.6 Å². The van der Waals surface area contributed by atoms with Gasteiger partial charge in [-0.05, 0) is 48.9 Å². The van der Waals surface area contributed by atoms with E-state index in [0.717, 1.165) is 40.7 Å². The predicted octanol–water partition coefficient (Wildman–Crippen LogP) is 5.42. The average molecular weight is 343 g/mol. The molecule has 4 rings (SSSR count). The van der Waals surface area contributed by atoms with Crippen LogP contribution in [-0.4, -0.2) is 19.8 Å². The molecule has 0 aromatic heterocycles. The maximum absolute atomic E-state index is 6.12. The van der Waals surface area contributed by atoms with Crippen molar-refractivity contribution in [1.29, 1.82) is 0 Å². The highest BCUT2D eigenvalue weighted by Crippen LogP contribution is 2.46. The smallest absolute Gasteiger partial charge is 0.151 e. The van der Waals surface area contributed by atoms with E-state index in [1.54, 1.807) is 0 Å². The Hall–Kier alpha value is -3.27. The lowest BCUT2D eigenvalue weighted by atomic mass is 10.1. The van der Waals surface area contributed by atoms with Crippen molar-refractivity contribution < 1.29 is 4.74 Å². The third-order valence-electron chi connectivity index (χ3n) is 4.48. The molecule has 0 saturated heterocycles. The second-order valence-corrected chi connectivity index (χ2v) is 6.14. The summed E-state index contributed by atoms with van der Waals surface area (Å²) in [5, 5.41) is 6.39. The normalized spacial score (nSPS) is 12.5. The van der Waals surface area contributed by atoms with Crippen molar-refractivity contribution in [3.8, 4) is 11.5 Å². The standard InChI is InChI=1S/C22H21N3O/c1-3-25-19-11-7-8-12-21(19)26-22-15-17(13-14-20(22)25)16-23-24(2)18-9-5-4-6-10-18/h4-16H,3H2,1-2H3. The molecule has 4 heteroatoms. The van der Waals surface area contributed by atoms with Crippen molar-refractivity contribution in [3.05, 3.63) is 78.4 Å². The molecule has 130 valence electrons. The minimum Gasteiger partial charge on any atom is -0.453 e. The van der Waals surface area contributed by atoms with Gasteiger partial charge >= 0.3 is 0 Å². The Morgan fingerprint density at radius 1 is 0.923 bits per heavy atom. The van der Waals surface area contributed by atoms with Gasteiger partial charge in [0, 0.05) is 13.6 Å². The number of hydrogen-bond donors (Lipinski definition) is 0. The fraction of sp³-hybridized carbons (Fsp3) is 0.136. The first-order chi connectivity index (χ1) is 12.8. The van der Waals surface area contributed by atoms with Gasteiger partial charge in [-0.25, -0.2) is 0 Å². The Balaban J connectivity index is 1.61. The molecule has 0 spiro atoms. The number of para-hydroxylation sites is 3. The van der Waals surface area contributed by atoms with Gasteiger partial charge < -0.3 is 9.64 Å². The number of hydrazone groups is 1. The maximum atomic E-state index is 6.12. The molecule has 0 atom stereocenters. The van der Waals surface area contributed by atoms with Gasteiger partial charge in [0.25, 0.3) is 0 Å². The molecule has 0 saturated carbocycles. The Bertz CT molecular complexity index is 937. The summed E-state index contributed by atoms with van der Waals surface area (Å²) < 4.78 is 6.12. The summed E-state index contributed by atoms with van der Waals surface area (Å²) >= 11 is 0. The number of nitrogens with zero attached hydrogens (tertiary/aromatic N) is 3. The minimum absolute atomic E-state index is 0.858. The number of hydrogen-bond acceptors (Lipinski definition) is 4. The molecule has 0 amide bonds. The molecular formula is C22H21N3O. The van der Waals surface area contributed by atoms with Gasteiger partial charge in [-0.15, -0.1) is 0 Å². The Morgan fingerprint density at radius 2 is 1.65 bits per heavy atom. The summed E-state index contributed by atoms with van der Waals surface area (Å²) in [6.07, 6.45) is 1.85. The van der Waals surface area contributed by atoms with Gasteiger partial charge in [-0.3, -0.25) is 5.01 Å². The molecule has 0 N–H and O–H groups in total. The Labute approximate surface area is 153 Å². The van der Waals surface area contributed by atoms with Crippen LogP contribution in [0.4, 0.5) is 17.1 Å². The lowest BCUT2D eigenvalue weighted by Crippen LogP contribution is -2.20. The first-order valence-electron chi connectivity index (χ1n) is 8.77. The van der Waals surface area contributed by atoms with Crippen molar-refractivity contribution in [2.75, 3.05) is 23.5 Å². The Kier molecular flexibility index (Phi) is 4.32. The molecule has 1 heterocycles. The van der Waals surface area contributed by atoms with Gasteiger partial charge in [0.1, 0.15) is 0 Å². The zero-order valence-electron chi connectivity index (χ0n) is 15.0. The highest BCUT2D eigenvalue weighted by atomic mass is 16.5. The highest BCUT2D eigenvalue weighted by Gasteiger charge is 2.22. The average Bonchev–Trinajstić information content (AvgIpc) is 2.70. The molecule has 3 aromatic rings. The molecular weight excluding hydrogens is 322 g/mol. The topological polar surface area (TPSA) is 28.1 Å². The lowest BCUT2D eigenvalue weighted by molar-refractivity contribution is 0.473. The molecule has 1 aliphatic rings. The summed E-state index contributed by atoms with van der Waals surface area (Å²) in [5.41, 5.74) is 4.23. The molecule has 3 aromatic carbocycles. The number of benzene rings is 3. The van der Waals surface area contributed by atoms with Crippen molar-refractivity contribution in [2.24, 2.45) is 5.10 Å². The van der Waals surface area contributed by atoms with Crippen LogP contribution in [0.2, 0.25) is 0 Å². The van der Waals surface area contributed by atoms with E-state index < -0.39 is 0 Å². The predicted molar refractivity (Wildman–Crippen MR) is 108 cm³/mol. The van der Waals surface area contributed by atoms with Crippen molar-refractivity contribution in [1.82, 2.24) is 0 Å². The molecule has 0 unspecified atom stereocenters. The van der Waals surface area contributed by atoms with Gasteiger partial charge in [-0.1, -0.05) is 36.4 Å². The third-order valence-corrected chi connectivity index (χ3v) is 4.48. The number of fused-ring (bicyclic) bond motifs is 2. The summed E-state index contributed by atoms with van der Waals surface area (Å²) in [6, 6.07) is 24.4. The van der Waals surface area contributed by atoms with E-state index in [9.17, 15) is 0 Å². The van der Waals surface area contributed by atoms with E-state index in [4.69, 9.17) is 4.74 Å². The molecule has 0 fully saturated rings. The SMILES string of the molecule is CCN1c2ccccc2Oc2cc(C=NN(C)c3ccccc3)ccc21. The van der Waals surface area contributed by atoms with Crippen molar-refractivity contribution in [2.45, 2.75) is 6.92 Å². The molecule has 0 aliphatic carbocycles. The fourth-order valence-corrected chi connectivity index (χ4v) is 3.13. The van der Waals surface area contributed by atoms with Gasteiger partial charge in [0.05, 0.1) is 23.3 Å². The van der Waals surface area contributed by atoms with Crippen LogP contribution >= 0.6 is 0 Å². The van der Waals surface area contributed by atoms with Crippen molar-refractivity contribution in [3.63, 3.8) is 0 Å². The Morgan fingerprint density at radius 3 is 2.46 bits per heavy atom. The first-order valence-corrected chi connectivity index (χ1v) is 8.77. The van der Waals surface area contributed by atoms with Gasteiger partial charge in [0.2, 0.25) is 0 Å². The monoisotopic (exact) mass is 343 g/mol. The molecule has 0 bridgehead atoms. The fourth-order valence-electron chi connectivity index (χ4n) is 3.13. The third kappa shape index (κ3) is 3.02. The molecule has 26 heavy (non-hydrogen) atoms. The summed E-state index contributed by atoms with van der Waals surface area (Å²) in [6.45, 7) is 3.04. The largest absolute Gasteiger partial charge is 0.453 e. The minimum atomic E-state index is 0.858. The van der Waals surface area contributed by atoms with Gasteiger partial charge in [0.15, 0.2) is 11.5 Å². The van der Waals surface area contributed by atoms with E-state index in [1.165, 1.54) is 0 Å². The number of ether oxygens (including phenoxy) is 1. The van der Waals surface area contributed by atoms with Gasteiger partial charge in [-0.2, -0.15) is 5.10 Å². The second-order valence-electron chi connectivity index (χ2n) is 6.14.